The average Bonchev–Trinajstić information content (AvgIpc) is 3.02. The number of aryl methyl sites for hydroxylation is 1. The number of aromatic amines is 1. The smallest absolute Gasteiger partial charge is 0.319 e. The van der Waals surface area contributed by atoms with Crippen LogP contribution in [-0.2, 0) is 15.1 Å². The predicted molar refractivity (Wildman–Crippen MR) is 117 cm³/mol. The Balaban J connectivity index is 1.43. The van der Waals surface area contributed by atoms with Crippen LogP contribution in [0.5, 0.6) is 0 Å². The van der Waals surface area contributed by atoms with Crippen LogP contribution in [0.25, 0.3) is 10.8 Å². The normalized spacial score (nSPS) is 17.7. The first-order valence-corrected chi connectivity index (χ1v) is 9.98. The number of amides is 5. The van der Waals surface area contributed by atoms with Gasteiger partial charge in [-0.1, -0.05) is 48.0 Å². The molecule has 11 nitrogen and oxygen atoms in total. The number of rotatable bonds is 4. The van der Waals surface area contributed by atoms with Crippen LogP contribution >= 0.6 is 0 Å². The van der Waals surface area contributed by atoms with E-state index in [-0.39, 0.29) is 11.1 Å². The number of carbonyl (C=O) groups is 4. The number of hydrogen-bond donors (Lipinski definition) is 4. The van der Waals surface area contributed by atoms with Gasteiger partial charge in [0.15, 0.2) is 5.69 Å². The molecule has 1 aliphatic rings. The minimum Gasteiger partial charge on any atom is -0.319 e. The molecule has 11 heteroatoms. The fraction of sp³-hybridized carbons (Fsp3) is 0.182. The van der Waals surface area contributed by atoms with Crippen molar-refractivity contribution in [2.75, 3.05) is 6.54 Å². The lowest BCUT2D eigenvalue weighted by Crippen LogP contribution is -2.48. The van der Waals surface area contributed by atoms with Gasteiger partial charge in [0.05, 0.1) is 5.39 Å². The van der Waals surface area contributed by atoms with E-state index in [1.165, 1.54) is 6.07 Å². The van der Waals surface area contributed by atoms with Gasteiger partial charge in [0, 0.05) is 5.39 Å². The van der Waals surface area contributed by atoms with Crippen molar-refractivity contribution in [3.05, 3.63) is 75.7 Å². The zero-order valence-electron chi connectivity index (χ0n) is 17.8. The molecular formula is C22H20N6O5. The quantitative estimate of drug-likeness (QED) is 0.336. The zero-order valence-corrected chi connectivity index (χ0v) is 17.8. The van der Waals surface area contributed by atoms with E-state index in [0.29, 0.717) is 10.9 Å². The van der Waals surface area contributed by atoms with Gasteiger partial charge in [0.25, 0.3) is 23.3 Å². The third kappa shape index (κ3) is 3.91. The van der Waals surface area contributed by atoms with E-state index in [1.807, 2.05) is 19.1 Å². The molecule has 0 saturated carbocycles. The Kier molecular flexibility index (Phi) is 5.38. The second-order valence-electron chi connectivity index (χ2n) is 7.76. The van der Waals surface area contributed by atoms with Crippen LogP contribution in [0.1, 0.15) is 28.5 Å². The molecule has 1 fully saturated rings. The number of benzene rings is 2. The molecule has 1 aromatic heterocycles. The van der Waals surface area contributed by atoms with Gasteiger partial charge in [-0.2, -0.15) is 5.10 Å². The number of hydrazine groups is 1. The molecule has 0 bridgehead atoms. The second-order valence-corrected chi connectivity index (χ2v) is 7.76. The highest BCUT2D eigenvalue weighted by Crippen LogP contribution is 2.28. The molecule has 4 rings (SSSR count). The molecule has 1 unspecified atom stereocenters. The molecule has 3 aromatic rings. The van der Waals surface area contributed by atoms with E-state index in [0.717, 1.165) is 10.5 Å². The van der Waals surface area contributed by atoms with E-state index in [2.05, 4.69) is 26.4 Å². The molecule has 1 atom stereocenters. The SMILES string of the molecule is Cc1ccc(C2(C)NC(=O)N(CC(=O)NNC(=O)c3n[nH]c(=O)c4ccccc34)C2=O)cc1. The second kappa shape index (κ2) is 8.19. The molecular weight excluding hydrogens is 428 g/mol. The fourth-order valence-electron chi connectivity index (χ4n) is 3.58. The Morgan fingerprint density at radius 3 is 2.36 bits per heavy atom. The van der Waals surface area contributed by atoms with Gasteiger partial charge in [-0.3, -0.25) is 34.9 Å². The predicted octanol–water partition coefficient (Wildman–Crippen LogP) is 0.460. The van der Waals surface area contributed by atoms with Gasteiger partial charge in [-0.25, -0.2) is 9.89 Å². The summed E-state index contributed by atoms with van der Waals surface area (Å²) in [7, 11) is 0. The Labute approximate surface area is 187 Å². The lowest BCUT2D eigenvalue weighted by Gasteiger charge is -2.22. The molecule has 4 N–H and O–H groups in total. The van der Waals surface area contributed by atoms with Gasteiger partial charge >= 0.3 is 6.03 Å². The highest BCUT2D eigenvalue weighted by molar-refractivity contribution is 6.09. The van der Waals surface area contributed by atoms with E-state index >= 15 is 0 Å². The first-order valence-electron chi connectivity index (χ1n) is 9.98. The molecule has 168 valence electrons. The molecule has 1 aliphatic heterocycles. The monoisotopic (exact) mass is 448 g/mol. The van der Waals surface area contributed by atoms with Crippen molar-refractivity contribution in [1.82, 2.24) is 31.3 Å². The summed E-state index contributed by atoms with van der Waals surface area (Å²) < 4.78 is 0. The summed E-state index contributed by atoms with van der Waals surface area (Å²) in [5.41, 5.74) is 4.04. The van der Waals surface area contributed by atoms with Crippen molar-refractivity contribution in [2.24, 2.45) is 0 Å². The van der Waals surface area contributed by atoms with Crippen molar-refractivity contribution in [1.29, 1.82) is 0 Å². The number of nitrogens with one attached hydrogen (secondary N) is 4. The van der Waals surface area contributed by atoms with Gasteiger partial charge in [-0.05, 0) is 25.5 Å². The van der Waals surface area contributed by atoms with E-state index in [4.69, 9.17) is 0 Å². The maximum absolute atomic E-state index is 12.9. The summed E-state index contributed by atoms with van der Waals surface area (Å²) in [6, 6.07) is 12.8. The van der Waals surface area contributed by atoms with Crippen molar-refractivity contribution in [2.45, 2.75) is 19.4 Å². The molecule has 0 spiro atoms. The molecule has 2 heterocycles. The highest BCUT2D eigenvalue weighted by Gasteiger charge is 2.49. The number of hydrogen-bond acceptors (Lipinski definition) is 6. The third-order valence-corrected chi connectivity index (χ3v) is 5.43. The minimum atomic E-state index is -1.31. The van der Waals surface area contributed by atoms with Crippen molar-refractivity contribution in [3.63, 3.8) is 0 Å². The zero-order chi connectivity index (χ0) is 23.8. The Bertz CT molecular complexity index is 1350. The standard InChI is InChI=1S/C22H20N6O5/c1-12-7-9-13(10-8-12)22(2)20(32)28(21(33)23-22)11-16(29)24-27-19(31)17-14-5-3-4-6-15(14)18(30)26-25-17/h3-10H,11H2,1-2H3,(H,23,33)(H,24,29)(H,26,30)(H,27,31). The van der Waals surface area contributed by atoms with Crippen LogP contribution in [-0.4, -0.2) is 45.4 Å². The van der Waals surface area contributed by atoms with Gasteiger partial charge in [-0.15, -0.1) is 0 Å². The minimum absolute atomic E-state index is 0.104. The van der Waals surface area contributed by atoms with Crippen LogP contribution in [0.15, 0.2) is 53.3 Å². The lowest BCUT2D eigenvalue weighted by atomic mass is 9.91. The van der Waals surface area contributed by atoms with Gasteiger partial charge in [0.1, 0.15) is 12.1 Å². The molecule has 33 heavy (non-hydrogen) atoms. The summed E-state index contributed by atoms with van der Waals surface area (Å²) in [5, 5.41) is 9.14. The maximum Gasteiger partial charge on any atom is 0.325 e. The molecule has 1 saturated heterocycles. The largest absolute Gasteiger partial charge is 0.325 e. The van der Waals surface area contributed by atoms with Crippen LogP contribution in [0.4, 0.5) is 4.79 Å². The first kappa shape index (κ1) is 21.7. The highest BCUT2D eigenvalue weighted by atomic mass is 16.2. The van der Waals surface area contributed by atoms with Gasteiger partial charge < -0.3 is 5.32 Å². The molecule has 0 radical (unpaired) electrons. The van der Waals surface area contributed by atoms with Crippen molar-refractivity contribution >= 4 is 34.5 Å². The number of nitrogens with zero attached hydrogens (tertiary/aromatic N) is 2. The molecule has 2 aromatic carbocycles. The third-order valence-electron chi connectivity index (χ3n) is 5.43. The fourth-order valence-corrected chi connectivity index (χ4v) is 3.58. The summed E-state index contributed by atoms with van der Waals surface area (Å²) in [4.78, 5) is 62.8. The van der Waals surface area contributed by atoms with E-state index in [9.17, 15) is 24.0 Å². The van der Waals surface area contributed by atoms with Crippen LogP contribution in [0.3, 0.4) is 0 Å². The van der Waals surface area contributed by atoms with Crippen molar-refractivity contribution in [3.8, 4) is 0 Å². The summed E-state index contributed by atoms with van der Waals surface area (Å²) >= 11 is 0. The summed E-state index contributed by atoms with van der Waals surface area (Å²) in [5.74, 6) is -2.17. The lowest BCUT2D eigenvalue weighted by molar-refractivity contribution is -0.135. The van der Waals surface area contributed by atoms with Gasteiger partial charge in [0.2, 0.25) is 0 Å². The van der Waals surface area contributed by atoms with Crippen molar-refractivity contribution < 1.29 is 19.2 Å². The van der Waals surface area contributed by atoms with E-state index < -0.39 is 41.4 Å². The number of fused-ring (bicyclic) bond motifs is 1. The number of imide groups is 1. The number of urea groups is 1. The average molecular weight is 448 g/mol. The van der Waals surface area contributed by atoms with E-state index in [1.54, 1.807) is 37.3 Å². The topological polar surface area (TPSA) is 153 Å². The summed E-state index contributed by atoms with van der Waals surface area (Å²) in [6.07, 6.45) is 0. The molecule has 5 amide bonds. The number of H-pyrrole nitrogens is 1. The number of aromatic nitrogens is 2. The Morgan fingerprint density at radius 2 is 1.67 bits per heavy atom. The number of carbonyl (C=O) groups excluding carboxylic acids is 4. The van der Waals surface area contributed by atoms with Crippen LogP contribution in [0, 0.1) is 6.92 Å². The molecule has 0 aliphatic carbocycles. The first-order chi connectivity index (χ1) is 15.7. The Morgan fingerprint density at radius 1 is 1.00 bits per heavy atom. The van der Waals surface area contributed by atoms with Crippen LogP contribution in [0.2, 0.25) is 0 Å². The Hall–Kier alpha value is -4.54. The maximum atomic E-state index is 12.9. The van der Waals surface area contributed by atoms with Crippen LogP contribution < -0.4 is 21.7 Å². The summed E-state index contributed by atoms with van der Waals surface area (Å²) in [6.45, 7) is 2.86.